The highest BCUT2D eigenvalue weighted by Gasteiger charge is 2.62. The zero-order chi connectivity index (χ0) is 18.4. The first-order chi connectivity index (χ1) is 12.2. The first-order valence-corrected chi connectivity index (χ1v) is 10.1. The smallest absolute Gasteiger partial charge is 0.240 e. The van der Waals surface area contributed by atoms with Gasteiger partial charge in [0.25, 0.3) is 0 Å². The van der Waals surface area contributed by atoms with Gasteiger partial charge in [-0.2, -0.15) is 0 Å². The minimum Gasteiger partial charge on any atom is -0.351 e. The maximum atomic E-state index is 12.7. The van der Waals surface area contributed by atoms with Gasteiger partial charge in [0.1, 0.15) is 6.54 Å². The van der Waals surface area contributed by atoms with Crippen molar-refractivity contribution < 1.29 is 14.4 Å². The van der Waals surface area contributed by atoms with Crippen molar-refractivity contribution in [1.29, 1.82) is 0 Å². The molecule has 7 atom stereocenters. The summed E-state index contributed by atoms with van der Waals surface area (Å²) in [5.74, 6) is 0.154. The number of allylic oxidation sites excluding steroid dienone is 2. The molecule has 4 fully saturated rings. The summed E-state index contributed by atoms with van der Waals surface area (Å²) in [6.45, 7) is 6.80. The number of carbonyl (C=O) groups excluding carboxylic acids is 3. The van der Waals surface area contributed by atoms with Gasteiger partial charge in [0, 0.05) is 6.04 Å². The van der Waals surface area contributed by atoms with E-state index in [-0.39, 0.29) is 64.8 Å². The minimum absolute atomic E-state index is 0.103. The van der Waals surface area contributed by atoms with Crippen LogP contribution in [0, 0.1) is 40.4 Å². The average molecular weight is 356 g/mol. The van der Waals surface area contributed by atoms with E-state index >= 15 is 0 Å². The third-order valence-corrected chi connectivity index (χ3v) is 8.99. The molecule has 26 heavy (non-hydrogen) atoms. The number of imide groups is 1. The van der Waals surface area contributed by atoms with E-state index in [9.17, 15) is 14.4 Å². The molecule has 0 radical (unpaired) electrons. The Hall–Kier alpha value is -1.65. The summed E-state index contributed by atoms with van der Waals surface area (Å²) in [6, 6.07) is 0.147. The zero-order valence-corrected chi connectivity index (χ0v) is 15.8. The largest absolute Gasteiger partial charge is 0.351 e. The Kier molecular flexibility index (Phi) is 3.17. The molecule has 3 saturated carbocycles. The van der Waals surface area contributed by atoms with Crippen LogP contribution < -0.4 is 5.32 Å². The standard InChI is InChI=1S/C21H28N2O3/c1-20(2)13-6-7-21(20,3)14(9-13)22-15(24)10-23-18(25)16-11-4-5-12(8-11)17(16)19(23)26/h4-5,11-14,16-17H,6-10H2,1-3H3,(H,22,24)/t11-,12-,13-,14+,16-,17+,21-/m0/s1. The molecule has 0 aromatic heterocycles. The van der Waals surface area contributed by atoms with Crippen molar-refractivity contribution in [1.82, 2.24) is 10.2 Å². The Morgan fingerprint density at radius 1 is 1.12 bits per heavy atom. The van der Waals surface area contributed by atoms with E-state index in [1.807, 2.05) is 0 Å². The van der Waals surface area contributed by atoms with Crippen LogP contribution in [0.2, 0.25) is 0 Å². The highest BCUT2D eigenvalue weighted by Crippen LogP contribution is 2.65. The van der Waals surface area contributed by atoms with Crippen LogP contribution in [0.15, 0.2) is 12.2 Å². The molecule has 5 rings (SSSR count). The summed E-state index contributed by atoms with van der Waals surface area (Å²) in [7, 11) is 0. The summed E-state index contributed by atoms with van der Waals surface area (Å²) >= 11 is 0. The van der Waals surface area contributed by atoms with Crippen LogP contribution in [0.25, 0.3) is 0 Å². The number of carbonyl (C=O) groups is 3. The Balaban J connectivity index is 1.28. The SMILES string of the molecule is CC1(C)[C@H]2CC[C@@]1(C)[C@H](NC(=O)CN1C(=O)[C@@H]3[C@H](C1=O)[C@H]1C=C[C@H]3C1)C2. The summed E-state index contributed by atoms with van der Waals surface area (Å²) in [5.41, 5.74) is 0.331. The van der Waals surface area contributed by atoms with Crippen LogP contribution in [-0.2, 0) is 14.4 Å². The van der Waals surface area contributed by atoms with E-state index in [4.69, 9.17) is 0 Å². The van der Waals surface area contributed by atoms with Crippen molar-refractivity contribution in [2.45, 2.75) is 52.5 Å². The third kappa shape index (κ3) is 1.84. The lowest BCUT2D eigenvalue weighted by Gasteiger charge is -2.39. The van der Waals surface area contributed by atoms with E-state index in [2.05, 4.69) is 38.2 Å². The zero-order valence-electron chi connectivity index (χ0n) is 15.8. The van der Waals surface area contributed by atoms with Crippen LogP contribution in [0.3, 0.4) is 0 Å². The molecule has 1 heterocycles. The van der Waals surface area contributed by atoms with Gasteiger partial charge in [-0.15, -0.1) is 0 Å². The number of nitrogens with one attached hydrogen (secondary N) is 1. The van der Waals surface area contributed by atoms with Crippen LogP contribution in [0.5, 0.6) is 0 Å². The molecule has 1 aliphatic heterocycles. The summed E-state index contributed by atoms with van der Waals surface area (Å²) in [4.78, 5) is 39.4. The van der Waals surface area contributed by atoms with Crippen molar-refractivity contribution >= 4 is 17.7 Å². The summed E-state index contributed by atoms with van der Waals surface area (Å²) < 4.78 is 0. The lowest BCUT2D eigenvalue weighted by Crippen LogP contribution is -2.50. The lowest BCUT2D eigenvalue weighted by molar-refractivity contribution is -0.144. The Morgan fingerprint density at radius 2 is 1.73 bits per heavy atom. The number of amides is 3. The van der Waals surface area contributed by atoms with Crippen LogP contribution in [-0.4, -0.2) is 35.2 Å². The normalized spacial score (nSPS) is 47.1. The molecule has 5 nitrogen and oxygen atoms in total. The predicted molar refractivity (Wildman–Crippen MR) is 95.6 cm³/mol. The topological polar surface area (TPSA) is 66.5 Å². The first-order valence-electron chi connectivity index (χ1n) is 10.1. The first kappa shape index (κ1) is 16.5. The van der Waals surface area contributed by atoms with Crippen molar-refractivity contribution in [2.75, 3.05) is 6.54 Å². The van der Waals surface area contributed by atoms with E-state index in [1.165, 1.54) is 11.3 Å². The van der Waals surface area contributed by atoms with Gasteiger partial charge in [0.05, 0.1) is 11.8 Å². The molecule has 0 aromatic carbocycles. The van der Waals surface area contributed by atoms with Crippen molar-refractivity contribution in [3.63, 3.8) is 0 Å². The van der Waals surface area contributed by atoms with Gasteiger partial charge in [0.2, 0.25) is 17.7 Å². The van der Waals surface area contributed by atoms with E-state index in [1.54, 1.807) is 0 Å². The highest BCUT2D eigenvalue weighted by molar-refractivity contribution is 6.08. The summed E-state index contributed by atoms with van der Waals surface area (Å²) in [6.07, 6.45) is 8.46. The second-order valence-corrected chi connectivity index (χ2v) is 9.99. The molecule has 0 unspecified atom stereocenters. The summed E-state index contributed by atoms with van der Waals surface area (Å²) in [5, 5.41) is 3.18. The van der Waals surface area contributed by atoms with Crippen molar-refractivity contribution in [3.05, 3.63) is 12.2 Å². The number of rotatable bonds is 3. The number of hydrogen-bond donors (Lipinski definition) is 1. The molecule has 1 saturated heterocycles. The van der Waals surface area contributed by atoms with Gasteiger partial charge >= 0.3 is 0 Å². The van der Waals surface area contributed by atoms with E-state index in [0.29, 0.717) is 5.92 Å². The number of hydrogen-bond acceptors (Lipinski definition) is 3. The number of fused-ring (bicyclic) bond motifs is 7. The van der Waals surface area contributed by atoms with Gasteiger partial charge in [-0.3, -0.25) is 19.3 Å². The van der Waals surface area contributed by atoms with E-state index < -0.39 is 0 Å². The second-order valence-electron chi connectivity index (χ2n) is 9.99. The molecule has 5 heteroatoms. The Morgan fingerprint density at radius 3 is 2.23 bits per heavy atom. The van der Waals surface area contributed by atoms with Crippen LogP contribution in [0.1, 0.15) is 46.5 Å². The predicted octanol–water partition coefficient (Wildman–Crippen LogP) is 2.12. The molecule has 3 amide bonds. The monoisotopic (exact) mass is 356 g/mol. The number of likely N-dealkylation sites (tertiary alicyclic amines) is 1. The van der Waals surface area contributed by atoms with Gasteiger partial charge in [-0.05, 0) is 54.3 Å². The fraction of sp³-hybridized carbons (Fsp3) is 0.762. The minimum atomic E-state index is -0.218. The molecule has 4 aliphatic carbocycles. The highest BCUT2D eigenvalue weighted by atomic mass is 16.2. The maximum Gasteiger partial charge on any atom is 0.240 e. The molecular weight excluding hydrogens is 328 g/mol. The molecule has 140 valence electrons. The molecule has 5 aliphatic rings. The van der Waals surface area contributed by atoms with Crippen molar-refractivity contribution in [2.24, 2.45) is 40.4 Å². The van der Waals surface area contributed by atoms with Crippen LogP contribution in [0.4, 0.5) is 0 Å². The Labute approximate surface area is 154 Å². The maximum absolute atomic E-state index is 12.7. The van der Waals surface area contributed by atoms with Crippen molar-refractivity contribution in [3.8, 4) is 0 Å². The quantitative estimate of drug-likeness (QED) is 0.622. The second kappa shape index (κ2) is 4.99. The van der Waals surface area contributed by atoms with Gasteiger partial charge in [-0.1, -0.05) is 32.9 Å². The molecule has 4 bridgehead atoms. The molecular formula is C21H28N2O3. The van der Waals surface area contributed by atoms with Gasteiger partial charge in [-0.25, -0.2) is 0 Å². The van der Waals surface area contributed by atoms with Gasteiger partial charge in [0.15, 0.2) is 0 Å². The number of nitrogens with zero attached hydrogens (tertiary/aromatic N) is 1. The molecule has 1 N–H and O–H groups in total. The Bertz CT molecular complexity index is 712. The van der Waals surface area contributed by atoms with Crippen LogP contribution >= 0.6 is 0 Å². The average Bonchev–Trinajstić information content (AvgIpc) is 3.33. The van der Waals surface area contributed by atoms with E-state index in [0.717, 1.165) is 19.3 Å². The molecule has 0 aromatic rings. The van der Waals surface area contributed by atoms with Gasteiger partial charge < -0.3 is 5.32 Å². The molecule has 0 spiro atoms. The third-order valence-electron chi connectivity index (χ3n) is 8.99. The lowest BCUT2D eigenvalue weighted by atomic mass is 9.69. The fourth-order valence-electron chi connectivity index (χ4n) is 6.93. The fourth-order valence-corrected chi connectivity index (χ4v) is 6.93.